The third kappa shape index (κ3) is 5.01. The molecule has 0 spiro atoms. The van der Waals surface area contributed by atoms with Crippen LogP contribution in [0.5, 0.6) is 0 Å². The first kappa shape index (κ1) is 24.5. The van der Waals surface area contributed by atoms with Gasteiger partial charge in [0.1, 0.15) is 0 Å². The van der Waals surface area contributed by atoms with E-state index in [1.165, 1.54) is 16.7 Å². The maximum absolute atomic E-state index is 4.70. The molecular formula is C35H30N4. The molecule has 2 heterocycles. The van der Waals surface area contributed by atoms with E-state index < -0.39 is 0 Å². The summed E-state index contributed by atoms with van der Waals surface area (Å²) in [6.45, 7) is 4.48. The van der Waals surface area contributed by atoms with Crippen LogP contribution in [-0.4, -0.2) is 19.7 Å². The summed E-state index contributed by atoms with van der Waals surface area (Å²) in [7, 11) is 0. The van der Waals surface area contributed by atoms with E-state index in [0.717, 1.165) is 46.0 Å². The van der Waals surface area contributed by atoms with Crippen LogP contribution in [-0.2, 0) is 0 Å². The van der Waals surface area contributed by atoms with Crippen molar-refractivity contribution in [2.75, 3.05) is 0 Å². The molecule has 0 bridgehead atoms. The lowest BCUT2D eigenvalue weighted by molar-refractivity contribution is 0.734. The second-order valence-electron chi connectivity index (χ2n) is 9.85. The van der Waals surface area contributed by atoms with Gasteiger partial charge < -0.3 is 0 Å². The van der Waals surface area contributed by atoms with Crippen LogP contribution in [0.15, 0.2) is 128 Å². The summed E-state index contributed by atoms with van der Waals surface area (Å²) < 4.78 is 2.16. The molecule has 0 radical (unpaired) electrons. The summed E-state index contributed by atoms with van der Waals surface area (Å²) in [6.07, 6.45) is 4.79. The zero-order chi connectivity index (χ0) is 26.6. The predicted molar refractivity (Wildman–Crippen MR) is 160 cm³/mol. The number of pyridine rings is 1. The first-order valence-electron chi connectivity index (χ1n) is 13.4. The summed E-state index contributed by atoms with van der Waals surface area (Å²) >= 11 is 0. The maximum Gasteiger partial charge on any atom is 0.168 e. The summed E-state index contributed by atoms with van der Waals surface area (Å²) in [4.78, 5) is 4.27. The molecule has 4 nitrogen and oxygen atoms in total. The Balaban J connectivity index is 1.43. The quantitative estimate of drug-likeness (QED) is 0.217. The highest BCUT2D eigenvalue weighted by atomic mass is 15.3. The zero-order valence-corrected chi connectivity index (χ0v) is 22.2. The Hall–Kier alpha value is -4.83. The van der Waals surface area contributed by atoms with Gasteiger partial charge in [0.15, 0.2) is 11.6 Å². The average Bonchev–Trinajstić information content (AvgIpc) is 3.47. The van der Waals surface area contributed by atoms with Crippen LogP contribution >= 0.6 is 0 Å². The molecule has 4 aromatic carbocycles. The highest BCUT2D eigenvalue weighted by molar-refractivity contribution is 5.72. The Bertz CT molecular complexity index is 1650. The molecule has 2 aromatic heterocycles. The van der Waals surface area contributed by atoms with Gasteiger partial charge in [0.25, 0.3) is 0 Å². The molecule has 0 amide bonds. The smallest absolute Gasteiger partial charge is 0.168 e. The third-order valence-electron chi connectivity index (χ3n) is 7.38. The molecule has 190 valence electrons. The number of hydrogen-bond acceptors (Lipinski definition) is 3. The predicted octanol–water partition coefficient (Wildman–Crippen LogP) is 8.84. The van der Waals surface area contributed by atoms with E-state index in [1.54, 1.807) is 6.20 Å². The molecule has 1 unspecified atom stereocenters. The molecular weight excluding hydrogens is 476 g/mol. The van der Waals surface area contributed by atoms with E-state index in [4.69, 9.17) is 10.2 Å². The highest BCUT2D eigenvalue weighted by Crippen LogP contribution is 2.32. The monoisotopic (exact) mass is 506 g/mol. The number of nitrogens with zero attached hydrogens (tertiary/aromatic N) is 4. The Morgan fingerprint density at radius 2 is 1.08 bits per heavy atom. The van der Waals surface area contributed by atoms with Crippen molar-refractivity contribution in [3.8, 4) is 50.7 Å². The van der Waals surface area contributed by atoms with E-state index in [2.05, 4.69) is 127 Å². The van der Waals surface area contributed by atoms with E-state index in [-0.39, 0.29) is 0 Å². The van der Waals surface area contributed by atoms with E-state index in [0.29, 0.717) is 5.92 Å². The maximum atomic E-state index is 4.70. The van der Waals surface area contributed by atoms with Crippen molar-refractivity contribution in [2.24, 2.45) is 0 Å². The molecule has 1 atom stereocenters. The van der Waals surface area contributed by atoms with Crippen LogP contribution in [0.4, 0.5) is 0 Å². The minimum Gasteiger partial charge on any atom is -0.275 e. The van der Waals surface area contributed by atoms with Crippen LogP contribution in [0.25, 0.3) is 50.7 Å². The molecule has 0 saturated carbocycles. The van der Waals surface area contributed by atoms with Crippen molar-refractivity contribution in [3.63, 3.8) is 0 Å². The van der Waals surface area contributed by atoms with Crippen LogP contribution in [0.1, 0.15) is 31.7 Å². The summed E-state index contributed by atoms with van der Waals surface area (Å²) in [5.41, 5.74) is 8.98. The minimum absolute atomic E-state index is 0.524. The number of aromatic nitrogens is 4. The van der Waals surface area contributed by atoms with Gasteiger partial charge in [0.2, 0.25) is 0 Å². The summed E-state index contributed by atoms with van der Waals surface area (Å²) in [5, 5.41) is 9.40. The molecule has 4 heteroatoms. The summed E-state index contributed by atoms with van der Waals surface area (Å²) in [6, 6.07) is 40.3. The molecule has 6 rings (SSSR count). The largest absolute Gasteiger partial charge is 0.275 e. The van der Waals surface area contributed by atoms with Crippen molar-refractivity contribution < 1.29 is 0 Å². The van der Waals surface area contributed by atoms with Gasteiger partial charge in [-0.25, -0.2) is 0 Å². The number of benzene rings is 4. The number of rotatable bonds is 7. The molecule has 6 aromatic rings. The van der Waals surface area contributed by atoms with Crippen LogP contribution in [0.3, 0.4) is 0 Å². The lowest BCUT2D eigenvalue weighted by Crippen LogP contribution is -2.01. The molecule has 0 saturated heterocycles. The van der Waals surface area contributed by atoms with Crippen molar-refractivity contribution in [1.82, 2.24) is 19.7 Å². The molecule has 0 N–H and O–H groups in total. The van der Waals surface area contributed by atoms with Crippen molar-refractivity contribution in [2.45, 2.75) is 26.2 Å². The zero-order valence-electron chi connectivity index (χ0n) is 22.2. The van der Waals surface area contributed by atoms with E-state index in [9.17, 15) is 0 Å². The lowest BCUT2D eigenvalue weighted by atomic mass is 9.97. The third-order valence-corrected chi connectivity index (χ3v) is 7.38. The standard InChI is InChI=1S/C35H30N4/c1-3-25(2)26-11-15-30(16-12-26)34-37-38-35(31-17-13-28(14-18-31)27-8-5-4-6-9-27)39(34)33-21-19-29(20-22-33)32-10-7-23-36-24-32/h4-25H,3H2,1-2H3. The van der Waals surface area contributed by atoms with Gasteiger partial charge in [-0.3, -0.25) is 9.55 Å². The van der Waals surface area contributed by atoms with Gasteiger partial charge in [-0.15, -0.1) is 10.2 Å². The fourth-order valence-electron chi connectivity index (χ4n) is 4.88. The van der Waals surface area contributed by atoms with Gasteiger partial charge in [0, 0.05) is 29.2 Å². The molecule has 0 aliphatic rings. The van der Waals surface area contributed by atoms with Gasteiger partial charge in [0.05, 0.1) is 0 Å². The topological polar surface area (TPSA) is 43.6 Å². The Kier molecular flexibility index (Phi) is 6.84. The molecule has 0 aliphatic heterocycles. The van der Waals surface area contributed by atoms with Crippen molar-refractivity contribution in [3.05, 3.63) is 133 Å². The van der Waals surface area contributed by atoms with Crippen molar-refractivity contribution >= 4 is 0 Å². The van der Waals surface area contributed by atoms with Gasteiger partial charge in [-0.1, -0.05) is 111 Å². The molecule has 0 fully saturated rings. The average molecular weight is 507 g/mol. The Labute approximate surface area is 229 Å². The lowest BCUT2D eigenvalue weighted by Gasteiger charge is -2.13. The van der Waals surface area contributed by atoms with Gasteiger partial charge in [-0.2, -0.15) is 0 Å². The second-order valence-corrected chi connectivity index (χ2v) is 9.85. The Morgan fingerprint density at radius 1 is 0.564 bits per heavy atom. The molecule has 0 aliphatic carbocycles. The molecule has 39 heavy (non-hydrogen) atoms. The summed E-state index contributed by atoms with van der Waals surface area (Å²) in [5.74, 6) is 2.15. The fraction of sp³-hybridized carbons (Fsp3) is 0.114. The first-order valence-corrected chi connectivity index (χ1v) is 13.4. The fourth-order valence-corrected chi connectivity index (χ4v) is 4.88. The Morgan fingerprint density at radius 3 is 1.67 bits per heavy atom. The number of hydrogen-bond donors (Lipinski definition) is 0. The van der Waals surface area contributed by atoms with Crippen molar-refractivity contribution in [1.29, 1.82) is 0 Å². The van der Waals surface area contributed by atoms with Crippen LogP contribution in [0.2, 0.25) is 0 Å². The van der Waals surface area contributed by atoms with Gasteiger partial charge in [-0.05, 0) is 58.4 Å². The second kappa shape index (κ2) is 10.9. The van der Waals surface area contributed by atoms with E-state index >= 15 is 0 Å². The van der Waals surface area contributed by atoms with Gasteiger partial charge >= 0.3 is 0 Å². The van der Waals surface area contributed by atoms with Crippen LogP contribution in [0, 0.1) is 0 Å². The minimum atomic E-state index is 0.524. The van der Waals surface area contributed by atoms with Crippen LogP contribution < -0.4 is 0 Å². The van der Waals surface area contributed by atoms with E-state index in [1.807, 2.05) is 18.3 Å². The SMILES string of the molecule is CCC(C)c1ccc(-c2nnc(-c3ccc(-c4ccccc4)cc3)n2-c2ccc(-c3cccnc3)cc2)cc1. The normalized spacial score (nSPS) is 11.8. The first-order chi connectivity index (χ1) is 19.2. The highest BCUT2D eigenvalue weighted by Gasteiger charge is 2.18.